The molecule has 15 heavy (non-hydrogen) atoms. The van der Waals surface area contributed by atoms with Gasteiger partial charge in [-0.1, -0.05) is 51.1 Å². The first kappa shape index (κ1) is 16.1. The fourth-order valence-corrected chi connectivity index (χ4v) is 1.15. The second kappa shape index (κ2) is 10.7. The van der Waals surface area contributed by atoms with E-state index in [-0.39, 0.29) is 11.6 Å². The van der Waals surface area contributed by atoms with Gasteiger partial charge in [0.1, 0.15) is 6.10 Å². The molecule has 2 N–H and O–H groups in total. The monoisotopic (exact) mass is 212 g/mol. The van der Waals surface area contributed by atoms with Crippen molar-refractivity contribution in [1.29, 1.82) is 0 Å². The number of ether oxygens (including phenoxy) is 1. The Morgan fingerprint density at radius 2 is 1.80 bits per heavy atom. The van der Waals surface area contributed by atoms with Crippen molar-refractivity contribution >= 4 is 6.47 Å². The van der Waals surface area contributed by atoms with Gasteiger partial charge in [0.15, 0.2) is 0 Å². The Morgan fingerprint density at radius 1 is 1.27 bits per heavy atom. The Balaban J connectivity index is 0. The van der Waals surface area contributed by atoms with Crippen molar-refractivity contribution in [3.8, 4) is 0 Å². The fourth-order valence-electron chi connectivity index (χ4n) is 1.15. The molecule has 0 spiro atoms. The van der Waals surface area contributed by atoms with Crippen LogP contribution in [0.5, 0.6) is 0 Å². The molecule has 1 atom stereocenters. The van der Waals surface area contributed by atoms with Gasteiger partial charge >= 0.3 is 0 Å². The number of hydrogen-bond acceptors (Lipinski definition) is 2. The lowest BCUT2D eigenvalue weighted by atomic mass is 10.1. The normalized spacial score (nSPS) is 10.1. The molecular formula is C12H20O3. The topological polar surface area (TPSA) is 57.8 Å². The standard InChI is InChI=1S/C10H12O2.C2H6.H2O/c1-2-10(12-8-11)9-6-4-3-5-7-9;1-2;/h3-8,10H,2H2,1H3;1-2H3;1H2. The Morgan fingerprint density at radius 3 is 2.20 bits per heavy atom. The van der Waals surface area contributed by atoms with Crippen LogP contribution in [-0.2, 0) is 9.53 Å². The van der Waals surface area contributed by atoms with Crippen LogP contribution in [0.1, 0.15) is 38.9 Å². The third-order valence-corrected chi connectivity index (χ3v) is 1.76. The molecule has 0 saturated heterocycles. The van der Waals surface area contributed by atoms with Crippen LogP contribution in [0.2, 0.25) is 0 Å². The van der Waals surface area contributed by atoms with Gasteiger partial charge in [-0.2, -0.15) is 0 Å². The summed E-state index contributed by atoms with van der Waals surface area (Å²) in [6.45, 7) is 6.49. The third kappa shape index (κ3) is 5.86. The van der Waals surface area contributed by atoms with Crippen molar-refractivity contribution in [2.75, 3.05) is 0 Å². The van der Waals surface area contributed by atoms with Crippen molar-refractivity contribution in [3.05, 3.63) is 35.9 Å². The van der Waals surface area contributed by atoms with Gasteiger partial charge in [-0.15, -0.1) is 0 Å². The van der Waals surface area contributed by atoms with E-state index in [9.17, 15) is 4.79 Å². The molecule has 0 aliphatic rings. The van der Waals surface area contributed by atoms with Crippen LogP contribution in [0.25, 0.3) is 0 Å². The van der Waals surface area contributed by atoms with Crippen LogP contribution in [0.4, 0.5) is 0 Å². The second-order valence-electron chi connectivity index (χ2n) is 2.54. The summed E-state index contributed by atoms with van der Waals surface area (Å²) in [7, 11) is 0. The molecule has 0 radical (unpaired) electrons. The van der Waals surface area contributed by atoms with E-state index in [1.165, 1.54) is 0 Å². The summed E-state index contributed by atoms with van der Waals surface area (Å²) < 4.78 is 4.90. The lowest BCUT2D eigenvalue weighted by molar-refractivity contribution is -0.134. The Hall–Kier alpha value is -1.35. The van der Waals surface area contributed by atoms with E-state index >= 15 is 0 Å². The van der Waals surface area contributed by atoms with Crippen molar-refractivity contribution < 1.29 is 15.0 Å². The molecule has 1 aromatic rings. The maximum absolute atomic E-state index is 10.1. The number of carbonyl (C=O) groups is 1. The van der Waals surface area contributed by atoms with Crippen LogP contribution in [0.15, 0.2) is 30.3 Å². The van der Waals surface area contributed by atoms with Gasteiger partial charge in [-0.25, -0.2) is 0 Å². The highest BCUT2D eigenvalue weighted by Gasteiger charge is 2.07. The molecule has 0 saturated carbocycles. The molecule has 0 fully saturated rings. The van der Waals surface area contributed by atoms with E-state index < -0.39 is 0 Å². The zero-order valence-electron chi connectivity index (χ0n) is 9.57. The van der Waals surface area contributed by atoms with E-state index in [4.69, 9.17) is 4.74 Å². The average Bonchev–Trinajstić information content (AvgIpc) is 2.30. The minimum Gasteiger partial charge on any atom is -0.460 e. The van der Waals surface area contributed by atoms with Crippen LogP contribution in [0.3, 0.4) is 0 Å². The summed E-state index contributed by atoms with van der Waals surface area (Å²) in [5, 5.41) is 0. The largest absolute Gasteiger partial charge is 0.460 e. The third-order valence-electron chi connectivity index (χ3n) is 1.76. The number of carbonyl (C=O) groups excluding carboxylic acids is 1. The van der Waals surface area contributed by atoms with Crippen molar-refractivity contribution in [3.63, 3.8) is 0 Å². The molecule has 0 heterocycles. The van der Waals surface area contributed by atoms with Crippen LogP contribution >= 0.6 is 0 Å². The summed E-state index contributed by atoms with van der Waals surface area (Å²) in [4.78, 5) is 10.1. The molecule has 1 rings (SSSR count). The Kier molecular flexibility index (Phi) is 11.5. The average molecular weight is 212 g/mol. The van der Waals surface area contributed by atoms with Crippen molar-refractivity contribution in [2.45, 2.75) is 33.3 Å². The highest BCUT2D eigenvalue weighted by molar-refractivity contribution is 5.38. The van der Waals surface area contributed by atoms with Crippen LogP contribution in [0, 0.1) is 0 Å². The van der Waals surface area contributed by atoms with Gasteiger partial charge in [-0.05, 0) is 12.0 Å². The molecule has 0 aliphatic carbocycles. The van der Waals surface area contributed by atoms with Gasteiger partial charge in [0.05, 0.1) is 0 Å². The van der Waals surface area contributed by atoms with Gasteiger partial charge in [0, 0.05) is 0 Å². The van der Waals surface area contributed by atoms with Crippen LogP contribution in [-0.4, -0.2) is 11.9 Å². The Labute approximate surface area is 91.4 Å². The molecule has 0 amide bonds. The van der Waals surface area contributed by atoms with Crippen molar-refractivity contribution in [2.24, 2.45) is 0 Å². The minimum absolute atomic E-state index is 0. The van der Waals surface area contributed by atoms with Crippen LogP contribution < -0.4 is 0 Å². The molecule has 3 nitrogen and oxygen atoms in total. The quantitative estimate of drug-likeness (QED) is 0.720. The smallest absolute Gasteiger partial charge is 0.293 e. The summed E-state index contributed by atoms with van der Waals surface area (Å²) in [6, 6.07) is 9.73. The molecular weight excluding hydrogens is 192 g/mol. The molecule has 1 aromatic carbocycles. The molecule has 3 heteroatoms. The molecule has 1 unspecified atom stereocenters. The highest BCUT2D eigenvalue weighted by atomic mass is 16.5. The number of benzene rings is 1. The summed E-state index contributed by atoms with van der Waals surface area (Å²) in [6.07, 6.45) is 0.714. The predicted octanol–water partition coefficient (Wildman–Crippen LogP) is 2.51. The van der Waals surface area contributed by atoms with E-state index in [0.717, 1.165) is 12.0 Å². The zero-order chi connectivity index (χ0) is 10.8. The van der Waals surface area contributed by atoms with E-state index in [1.807, 2.05) is 51.1 Å². The first-order valence-corrected chi connectivity index (χ1v) is 5.02. The lowest BCUT2D eigenvalue weighted by Crippen LogP contribution is -2.00. The summed E-state index contributed by atoms with van der Waals surface area (Å²) in [5.74, 6) is 0. The van der Waals surface area contributed by atoms with Gasteiger partial charge in [-0.3, -0.25) is 4.79 Å². The lowest BCUT2D eigenvalue weighted by Gasteiger charge is -2.12. The summed E-state index contributed by atoms with van der Waals surface area (Å²) >= 11 is 0. The molecule has 0 aliphatic heterocycles. The van der Waals surface area contributed by atoms with E-state index in [2.05, 4.69) is 0 Å². The minimum atomic E-state index is -0.0938. The Bertz CT molecular complexity index is 234. The predicted molar refractivity (Wildman–Crippen MR) is 61.6 cm³/mol. The molecule has 0 aromatic heterocycles. The van der Waals surface area contributed by atoms with Gasteiger partial charge in [0.2, 0.25) is 0 Å². The SMILES string of the molecule is CC.CCC(OC=O)c1ccccc1.O. The zero-order valence-corrected chi connectivity index (χ0v) is 9.57. The molecule has 86 valence electrons. The fraction of sp³-hybridized carbons (Fsp3) is 0.417. The van der Waals surface area contributed by atoms with Gasteiger partial charge < -0.3 is 10.2 Å². The maximum atomic E-state index is 10.1. The first-order valence-electron chi connectivity index (χ1n) is 5.02. The van der Waals surface area contributed by atoms with Crippen molar-refractivity contribution in [1.82, 2.24) is 0 Å². The van der Waals surface area contributed by atoms with E-state index in [1.54, 1.807) is 0 Å². The highest BCUT2D eigenvalue weighted by Crippen LogP contribution is 2.18. The number of hydrogen-bond donors (Lipinski definition) is 0. The van der Waals surface area contributed by atoms with Gasteiger partial charge in [0.25, 0.3) is 6.47 Å². The number of rotatable bonds is 4. The maximum Gasteiger partial charge on any atom is 0.293 e. The second-order valence-corrected chi connectivity index (χ2v) is 2.54. The van der Waals surface area contributed by atoms with E-state index in [0.29, 0.717) is 6.47 Å². The summed E-state index contributed by atoms with van der Waals surface area (Å²) in [5.41, 5.74) is 1.05. The molecule has 0 bridgehead atoms. The first-order chi connectivity index (χ1) is 6.88.